The first-order valence-corrected chi connectivity index (χ1v) is 9.84. The molecular formula is C14H20N5O5PS. The molecule has 1 unspecified atom stereocenters. The molecule has 0 aliphatic carbocycles. The highest BCUT2D eigenvalue weighted by Gasteiger charge is 2.36. The summed E-state index contributed by atoms with van der Waals surface area (Å²) >= 11 is 5.17. The SMILES string of the molecule is Cc1cn([C@H]2C[C@H](N)[C@@H](COP(=O)(O)n3ccnc3C)O2)c(=S)[nH]c1=O. The lowest BCUT2D eigenvalue weighted by Gasteiger charge is -2.20. The van der Waals surface area contributed by atoms with Crippen molar-refractivity contribution in [1.82, 2.24) is 18.9 Å². The van der Waals surface area contributed by atoms with Crippen LogP contribution in [-0.2, 0) is 13.8 Å². The zero-order valence-electron chi connectivity index (χ0n) is 14.2. The third kappa shape index (κ3) is 3.73. The van der Waals surface area contributed by atoms with E-state index in [0.29, 0.717) is 17.8 Å². The van der Waals surface area contributed by atoms with E-state index in [1.807, 2.05) is 0 Å². The van der Waals surface area contributed by atoms with Gasteiger partial charge in [0.25, 0.3) is 5.56 Å². The van der Waals surface area contributed by atoms with Crippen LogP contribution in [0.2, 0.25) is 0 Å². The maximum Gasteiger partial charge on any atom is 0.437 e. The van der Waals surface area contributed by atoms with Crippen molar-refractivity contribution in [2.24, 2.45) is 5.73 Å². The maximum atomic E-state index is 12.3. The summed E-state index contributed by atoms with van der Waals surface area (Å²) < 4.78 is 26.3. The summed E-state index contributed by atoms with van der Waals surface area (Å²) in [5, 5.41) is 0. The lowest BCUT2D eigenvalue weighted by Crippen LogP contribution is -2.33. The number of ether oxygens (including phenoxy) is 1. The van der Waals surface area contributed by atoms with Crippen molar-refractivity contribution in [2.45, 2.75) is 38.6 Å². The molecule has 0 spiro atoms. The molecule has 4 N–H and O–H groups in total. The molecule has 142 valence electrons. The van der Waals surface area contributed by atoms with E-state index in [-0.39, 0.29) is 16.9 Å². The number of imidazole rings is 1. The number of aromatic amines is 1. The van der Waals surface area contributed by atoms with Crippen LogP contribution in [0.5, 0.6) is 0 Å². The van der Waals surface area contributed by atoms with Crippen molar-refractivity contribution < 1.29 is 18.7 Å². The smallest absolute Gasteiger partial charge is 0.351 e. The fourth-order valence-corrected chi connectivity index (χ4v) is 4.13. The highest BCUT2D eigenvalue weighted by Crippen LogP contribution is 2.45. The van der Waals surface area contributed by atoms with Crippen LogP contribution in [0.3, 0.4) is 0 Å². The van der Waals surface area contributed by atoms with Gasteiger partial charge in [-0.05, 0) is 26.1 Å². The summed E-state index contributed by atoms with van der Waals surface area (Å²) in [6.07, 6.45) is 3.72. The monoisotopic (exact) mass is 401 g/mol. The van der Waals surface area contributed by atoms with Crippen LogP contribution >= 0.6 is 20.0 Å². The Kier molecular flexibility index (Phi) is 5.29. The second-order valence-electron chi connectivity index (χ2n) is 6.11. The Hall–Kier alpha value is -1.62. The molecular weight excluding hydrogens is 381 g/mol. The highest BCUT2D eigenvalue weighted by atomic mass is 32.1. The number of H-pyrrole nitrogens is 1. The van der Waals surface area contributed by atoms with E-state index >= 15 is 0 Å². The van der Waals surface area contributed by atoms with Crippen LogP contribution < -0.4 is 11.3 Å². The van der Waals surface area contributed by atoms with Crippen LogP contribution in [0.4, 0.5) is 0 Å². The van der Waals surface area contributed by atoms with Gasteiger partial charge >= 0.3 is 7.75 Å². The number of nitrogens with two attached hydrogens (primary N) is 1. The minimum absolute atomic E-state index is 0.168. The average Bonchev–Trinajstić information content (AvgIpc) is 3.15. The number of hydrogen-bond donors (Lipinski definition) is 3. The second-order valence-corrected chi connectivity index (χ2v) is 8.17. The zero-order valence-corrected chi connectivity index (χ0v) is 15.9. The average molecular weight is 401 g/mol. The van der Waals surface area contributed by atoms with Crippen molar-refractivity contribution in [2.75, 3.05) is 6.61 Å². The second kappa shape index (κ2) is 7.18. The fraction of sp³-hybridized carbons (Fsp3) is 0.500. The van der Waals surface area contributed by atoms with Crippen molar-refractivity contribution in [1.29, 1.82) is 0 Å². The van der Waals surface area contributed by atoms with Crippen LogP contribution in [0.25, 0.3) is 0 Å². The van der Waals surface area contributed by atoms with Crippen molar-refractivity contribution >= 4 is 20.0 Å². The first kappa shape index (κ1) is 19.2. The van der Waals surface area contributed by atoms with Crippen LogP contribution in [0.15, 0.2) is 23.4 Å². The third-order valence-electron chi connectivity index (χ3n) is 4.22. The van der Waals surface area contributed by atoms with Gasteiger partial charge in [0, 0.05) is 36.6 Å². The van der Waals surface area contributed by atoms with Gasteiger partial charge in [-0.2, -0.15) is 0 Å². The van der Waals surface area contributed by atoms with Crippen molar-refractivity contribution in [3.8, 4) is 0 Å². The van der Waals surface area contributed by atoms with Gasteiger partial charge in [-0.15, -0.1) is 0 Å². The number of aryl methyl sites for hydroxylation is 2. The molecule has 0 bridgehead atoms. The summed E-state index contributed by atoms with van der Waals surface area (Å²) in [5.74, 6) is 0.361. The maximum absolute atomic E-state index is 12.3. The Morgan fingerprint density at radius 3 is 2.96 bits per heavy atom. The number of nitrogens with one attached hydrogen (secondary N) is 1. The number of nitrogens with zero attached hydrogens (tertiary/aromatic N) is 3. The predicted octanol–water partition coefficient (Wildman–Crippen LogP) is 0.999. The topological polar surface area (TPSA) is 137 Å². The van der Waals surface area contributed by atoms with Crippen LogP contribution in [0, 0.1) is 18.6 Å². The normalized spacial score (nSPS) is 25.3. The van der Waals surface area contributed by atoms with Gasteiger partial charge in [-0.25, -0.2) is 13.9 Å². The number of hydrogen-bond acceptors (Lipinski definition) is 7. The van der Waals surface area contributed by atoms with Gasteiger partial charge in [-0.3, -0.25) is 18.9 Å². The van der Waals surface area contributed by atoms with Gasteiger partial charge in [0.1, 0.15) is 12.1 Å². The van der Waals surface area contributed by atoms with E-state index in [4.69, 9.17) is 27.2 Å². The molecule has 2 aromatic heterocycles. The molecule has 26 heavy (non-hydrogen) atoms. The van der Waals surface area contributed by atoms with Gasteiger partial charge in [-0.1, -0.05) is 0 Å². The standard InChI is InChI=1S/C14H20N5O5PS/c1-8-6-18(14(26)17-13(8)20)12-5-10(15)11(24-12)7-23-25(21,22)19-4-3-16-9(19)2/h3-4,6,10-12H,5,7,15H2,1-2H3,(H,21,22)(H,17,20,26)/t10-,11+,12+/m0/s1. The van der Waals surface area contributed by atoms with Gasteiger partial charge in [0.05, 0.1) is 12.7 Å². The molecule has 0 amide bonds. The summed E-state index contributed by atoms with van der Waals surface area (Å²) in [5.41, 5.74) is 6.32. The van der Waals surface area contributed by atoms with E-state index in [9.17, 15) is 14.3 Å². The fourth-order valence-electron chi connectivity index (χ4n) is 2.76. The molecule has 2 aromatic rings. The quantitative estimate of drug-likeness (QED) is 0.498. The molecule has 3 heterocycles. The first-order chi connectivity index (χ1) is 12.2. The molecule has 10 nitrogen and oxygen atoms in total. The van der Waals surface area contributed by atoms with Gasteiger partial charge < -0.3 is 15.4 Å². The molecule has 0 aromatic carbocycles. The Bertz CT molecular complexity index is 969. The van der Waals surface area contributed by atoms with Crippen molar-refractivity contribution in [3.63, 3.8) is 0 Å². The first-order valence-electron chi connectivity index (χ1n) is 7.90. The molecule has 1 saturated heterocycles. The minimum atomic E-state index is -4.09. The lowest BCUT2D eigenvalue weighted by molar-refractivity contribution is -0.0235. The largest absolute Gasteiger partial charge is 0.437 e. The predicted molar refractivity (Wildman–Crippen MR) is 95.3 cm³/mol. The highest BCUT2D eigenvalue weighted by molar-refractivity contribution is 7.71. The lowest BCUT2D eigenvalue weighted by atomic mass is 10.1. The van der Waals surface area contributed by atoms with Crippen LogP contribution in [0.1, 0.15) is 24.0 Å². The molecule has 1 aliphatic heterocycles. The van der Waals surface area contributed by atoms with Gasteiger partial charge in [0.15, 0.2) is 4.77 Å². The Labute approximate surface area is 154 Å². The van der Waals surface area contributed by atoms with E-state index < -0.39 is 26.1 Å². The van der Waals surface area contributed by atoms with Gasteiger partial charge in [0.2, 0.25) is 0 Å². The Morgan fingerprint density at radius 2 is 2.31 bits per heavy atom. The number of rotatable bonds is 5. The summed E-state index contributed by atoms with van der Waals surface area (Å²) in [6.45, 7) is 3.09. The summed E-state index contributed by atoms with van der Waals surface area (Å²) in [4.78, 5) is 28.2. The van der Waals surface area contributed by atoms with E-state index in [2.05, 4.69) is 9.97 Å². The Morgan fingerprint density at radius 1 is 1.58 bits per heavy atom. The molecule has 12 heteroatoms. The summed E-state index contributed by atoms with van der Waals surface area (Å²) in [6, 6.07) is -0.419. The summed E-state index contributed by atoms with van der Waals surface area (Å²) in [7, 11) is -4.09. The zero-order chi connectivity index (χ0) is 19.1. The molecule has 0 saturated carbocycles. The third-order valence-corrected chi connectivity index (χ3v) is 5.99. The number of aromatic nitrogens is 4. The van der Waals surface area contributed by atoms with E-state index in [0.717, 1.165) is 4.34 Å². The molecule has 1 fully saturated rings. The molecule has 0 radical (unpaired) electrons. The van der Waals surface area contributed by atoms with Crippen molar-refractivity contribution in [3.05, 3.63) is 45.1 Å². The molecule has 4 atom stereocenters. The Balaban J connectivity index is 1.71. The molecule has 1 aliphatic rings. The molecule has 3 rings (SSSR count). The van der Waals surface area contributed by atoms with E-state index in [1.54, 1.807) is 24.6 Å². The van der Waals surface area contributed by atoms with E-state index in [1.165, 1.54) is 12.4 Å². The van der Waals surface area contributed by atoms with Crippen LogP contribution in [-0.4, -0.2) is 42.5 Å². The minimum Gasteiger partial charge on any atom is -0.351 e.